The van der Waals surface area contributed by atoms with Crippen LogP contribution in [0.5, 0.6) is 0 Å². The number of hydrogen-bond acceptors (Lipinski definition) is 4. The van der Waals surface area contributed by atoms with Gasteiger partial charge in [0.2, 0.25) is 0 Å². The molecule has 1 aromatic heterocycles. The molecule has 0 unspecified atom stereocenters. The summed E-state index contributed by atoms with van der Waals surface area (Å²) in [6.07, 6.45) is 0.891. The Hall–Kier alpha value is -3.17. The van der Waals surface area contributed by atoms with Gasteiger partial charge in [0.1, 0.15) is 5.82 Å². The number of halogens is 1. The molecule has 0 radical (unpaired) electrons. The Balaban J connectivity index is 1.43. The Morgan fingerprint density at radius 2 is 1.69 bits per heavy atom. The van der Waals surface area contributed by atoms with Crippen LogP contribution < -0.4 is 4.90 Å². The van der Waals surface area contributed by atoms with E-state index in [1.807, 2.05) is 41.3 Å². The molecule has 0 aliphatic carbocycles. The number of carbonyl (C=O) groups is 1. The summed E-state index contributed by atoms with van der Waals surface area (Å²) in [6, 6.07) is 19.8. The lowest BCUT2D eigenvalue weighted by Gasteiger charge is -2.23. The van der Waals surface area contributed by atoms with E-state index in [0.29, 0.717) is 17.0 Å². The van der Waals surface area contributed by atoms with Gasteiger partial charge in [0.25, 0.3) is 5.91 Å². The van der Waals surface area contributed by atoms with Crippen LogP contribution in [0.25, 0.3) is 10.4 Å². The molecule has 2 heterocycles. The van der Waals surface area contributed by atoms with Crippen molar-refractivity contribution in [2.24, 2.45) is 0 Å². The minimum Gasteiger partial charge on any atom is -0.370 e. The number of amides is 1. The number of thiophene rings is 1. The summed E-state index contributed by atoms with van der Waals surface area (Å²) >= 11 is 1.44. The molecule has 4 rings (SSSR count). The summed E-state index contributed by atoms with van der Waals surface area (Å²) in [5, 5.41) is 8.95. The van der Waals surface area contributed by atoms with Crippen molar-refractivity contribution in [1.82, 2.24) is 4.90 Å². The number of rotatable bonds is 3. The first-order valence-corrected chi connectivity index (χ1v) is 10.4. The molecule has 0 atom stereocenters. The van der Waals surface area contributed by atoms with Crippen molar-refractivity contribution >= 4 is 22.9 Å². The second-order valence-corrected chi connectivity index (χ2v) is 8.05. The van der Waals surface area contributed by atoms with Crippen LogP contribution in [0.3, 0.4) is 0 Å². The van der Waals surface area contributed by atoms with Crippen LogP contribution in [0, 0.1) is 17.1 Å². The molecule has 1 amide bonds. The molecular formula is C23H20FN3OS. The third kappa shape index (κ3) is 4.30. The van der Waals surface area contributed by atoms with Gasteiger partial charge in [0.05, 0.1) is 16.5 Å². The van der Waals surface area contributed by atoms with E-state index in [0.717, 1.165) is 42.2 Å². The SMILES string of the molecule is N#Cc1ccc(N2CCCN(C(=O)c3ccc(-c4ccc(F)cc4)s3)CC2)cc1. The Morgan fingerprint density at radius 3 is 2.41 bits per heavy atom. The number of carbonyl (C=O) groups excluding carboxylic acids is 1. The third-order valence-electron chi connectivity index (χ3n) is 5.09. The summed E-state index contributed by atoms with van der Waals surface area (Å²) < 4.78 is 13.1. The van der Waals surface area contributed by atoms with Gasteiger partial charge in [-0.25, -0.2) is 4.39 Å². The predicted molar refractivity (Wildman–Crippen MR) is 114 cm³/mol. The molecule has 1 aliphatic rings. The number of hydrogen-bond donors (Lipinski definition) is 0. The lowest BCUT2D eigenvalue weighted by Crippen LogP contribution is -2.34. The standard InChI is InChI=1S/C23H20FN3OS/c24-19-6-4-18(5-7-19)21-10-11-22(29-21)23(28)27-13-1-12-26(14-15-27)20-8-2-17(16-25)3-9-20/h2-11H,1,12-15H2. The zero-order valence-corrected chi connectivity index (χ0v) is 16.7. The minimum atomic E-state index is -0.266. The van der Waals surface area contributed by atoms with Crippen molar-refractivity contribution in [2.75, 3.05) is 31.1 Å². The van der Waals surface area contributed by atoms with Crippen molar-refractivity contribution in [3.8, 4) is 16.5 Å². The van der Waals surface area contributed by atoms with Gasteiger partial charge < -0.3 is 9.80 Å². The average molecular weight is 405 g/mol. The average Bonchev–Trinajstić information content (AvgIpc) is 3.12. The van der Waals surface area contributed by atoms with Gasteiger partial charge in [-0.3, -0.25) is 4.79 Å². The van der Waals surface area contributed by atoms with Gasteiger partial charge in [-0.15, -0.1) is 11.3 Å². The highest BCUT2D eigenvalue weighted by molar-refractivity contribution is 7.17. The molecule has 3 aromatic rings. The summed E-state index contributed by atoms with van der Waals surface area (Å²) in [7, 11) is 0. The molecule has 0 bridgehead atoms. The van der Waals surface area contributed by atoms with Gasteiger partial charge in [0.15, 0.2) is 0 Å². The Morgan fingerprint density at radius 1 is 0.931 bits per heavy atom. The molecule has 1 aliphatic heterocycles. The fourth-order valence-corrected chi connectivity index (χ4v) is 4.48. The van der Waals surface area contributed by atoms with E-state index in [-0.39, 0.29) is 11.7 Å². The molecule has 1 saturated heterocycles. The summed E-state index contributed by atoms with van der Waals surface area (Å²) in [5.74, 6) is -0.219. The highest BCUT2D eigenvalue weighted by atomic mass is 32.1. The van der Waals surface area contributed by atoms with Crippen LogP contribution in [-0.2, 0) is 0 Å². The summed E-state index contributed by atoms with van der Waals surface area (Å²) in [6.45, 7) is 3.01. The van der Waals surface area contributed by atoms with Gasteiger partial charge in [0, 0.05) is 36.7 Å². The van der Waals surface area contributed by atoms with Crippen molar-refractivity contribution in [2.45, 2.75) is 6.42 Å². The van der Waals surface area contributed by atoms with Crippen molar-refractivity contribution < 1.29 is 9.18 Å². The molecule has 2 aromatic carbocycles. The van der Waals surface area contributed by atoms with Crippen molar-refractivity contribution in [3.05, 3.63) is 76.9 Å². The number of anilines is 1. The molecule has 0 spiro atoms. The highest BCUT2D eigenvalue weighted by Crippen LogP contribution is 2.29. The molecule has 29 heavy (non-hydrogen) atoms. The van der Waals surface area contributed by atoms with Gasteiger partial charge in [-0.2, -0.15) is 5.26 Å². The van der Waals surface area contributed by atoms with Crippen molar-refractivity contribution in [3.63, 3.8) is 0 Å². The maximum Gasteiger partial charge on any atom is 0.264 e. The molecule has 6 heteroatoms. The second-order valence-electron chi connectivity index (χ2n) is 6.96. The highest BCUT2D eigenvalue weighted by Gasteiger charge is 2.22. The van der Waals surface area contributed by atoms with E-state index >= 15 is 0 Å². The number of benzene rings is 2. The van der Waals surface area contributed by atoms with Gasteiger partial charge >= 0.3 is 0 Å². The van der Waals surface area contributed by atoms with Crippen LogP contribution in [0.15, 0.2) is 60.7 Å². The molecule has 1 fully saturated rings. The monoisotopic (exact) mass is 405 g/mol. The fraction of sp³-hybridized carbons (Fsp3) is 0.217. The molecule has 0 saturated carbocycles. The van der Waals surface area contributed by atoms with Gasteiger partial charge in [-0.05, 0) is 60.5 Å². The Bertz CT molecular complexity index is 1040. The number of nitriles is 1. The molecular weight excluding hydrogens is 385 g/mol. The summed E-state index contributed by atoms with van der Waals surface area (Å²) in [4.78, 5) is 18.8. The van der Waals surface area contributed by atoms with Crippen LogP contribution in [0.2, 0.25) is 0 Å². The van der Waals surface area contributed by atoms with Crippen LogP contribution >= 0.6 is 11.3 Å². The molecule has 0 N–H and O–H groups in total. The third-order valence-corrected chi connectivity index (χ3v) is 6.21. The lowest BCUT2D eigenvalue weighted by molar-refractivity contribution is 0.0772. The second kappa shape index (κ2) is 8.46. The first kappa shape index (κ1) is 19.2. The van der Waals surface area contributed by atoms with E-state index in [4.69, 9.17) is 5.26 Å². The quantitative estimate of drug-likeness (QED) is 0.630. The van der Waals surface area contributed by atoms with E-state index in [9.17, 15) is 9.18 Å². The van der Waals surface area contributed by atoms with Crippen LogP contribution in [0.4, 0.5) is 10.1 Å². The minimum absolute atomic E-state index is 0.0463. The fourth-order valence-electron chi connectivity index (χ4n) is 3.50. The van der Waals surface area contributed by atoms with E-state index in [1.54, 1.807) is 12.1 Å². The van der Waals surface area contributed by atoms with Gasteiger partial charge in [-0.1, -0.05) is 12.1 Å². The van der Waals surface area contributed by atoms with Crippen molar-refractivity contribution in [1.29, 1.82) is 5.26 Å². The van der Waals surface area contributed by atoms with Crippen LogP contribution in [-0.4, -0.2) is 37.0 Å². The largest absolute Gasteiger partial charge is 0.370 e. The Labute approximate surface area is 173 Å². The molecule has 4 nitrogen and oxygen atoms in total. The maximum absolute atomic E-state index is 13.1. The zero-order chi connectivity index (χ0) is 20.2. The maximum atomic E-state index is 13.1. The number of nitrogens with zero attached hydrogens (tertiary/aromatic N) is 3. The predicted octanol–water partition coefficient (Wildman–Crippen LogP) is 4.78. The first-order valence-electron chi connectivity index (χ1n) is 9.54. The smallest absolute Gasteiger partial charge is 0.264 e. The summed E-state index contributed by atoms with van der Waals surface area (Å²) in [5.41, 5.74) is 2.64. The van der Waals surface area contributed by atoms with Crippen LogP contribution in [0.1, 0.15) is 21.7 Å². The van der Waals surface area contributed by atoms with E-state index < -0.39 is 0 Å². The lowest BCUT2D eigenvalue weighted by atomic mass is 10.2. The molecule has 146 valence electrons. The topological polar surface area (TPSA) is 47.3 Å². The first-order chi connectivity index (χ1) is 14.1. The van der Waals surface area contributed by atoms with E-state index in [1.165, 1.54) is 23.5 Å². The normalized spacial score (nSPS) is 14.3. The zero-order valence-electron chi connectivity index (χ0n) is 15.8. The Kier molecular flexibility index (Phi) is 5.59. The van der Waals surface area contributed by atoms with E-state index in [2.05, 4.69) is 11.0 Å².